The van der Waals surface area contributed by atoms with Gasteiger partial charge in [-0.1, -0.05) is 0 Å². The number of carbonyl (C=O) groups excluding carboxylic acids is 2. The predicted molar refractivity (Wildman–Crippen MR) is 87.4 cm³/mol. The number of primary amides is 1. The van der Waals surface area contributed by atoms with Gasteiger partial charge >= 0.3 is 0 Å². The van der Waals surface area contributed by atoms with Crippen LogP contribution >= 0.6 is 0 Å². The molecule has 1 saturated heterocycles. The summed E-state index contributed by atoms with van der Waals surface area (Å²) < 4.78 is 6.96. The van der Waals surface area contributed by atoms with E-state index < -0.39 is 5.91 Å². The highest BCUT2D eigenvalue weighted by Crippen LogP contribution is 2.33. The standard InChI is InChI=1S/C17H20N4O3/c1-20-10-13(9-19-20)15-3-2-8-21(15)17(23)12-4-6-14(7-5-12)24-11-16(18)22/h4-7,9-10,15H,2-3,8,11H2,1H3,(H2,18,22)/t15-/m1/s1. The monoisotopic (exact) mass is 328 g/mol. The molecule has 0 radical (unpaired) electrons. The van der Waals surface area contributed by atoms with Gasteiger partial charge in [0.15, 0.2) is 6.61 Å². The maximum Gasteiger partial charge on any atom is 0.255 e. The molecule has 0 saturated carbocycles. The largest absolute Gasteiger partial charge is 0.484 e. The summed E-state index contributed by atoms with van der Waals surface area (Å²) in [4.78, 5) is 25.4. The molecule has 2 aromatic rings. The van der Waals surface area contributed by atoms with E-state index in [1.165, 1.54) is 0 Å². The quantitative estimate of drug-likeness (QED) is 0.894. The molecule has 1 aliphatic heterocycles. The lowest BCUT2D eigenvalue weighted by Gasteiger charge is -2.24. The number of likely N-dealkylation sites (tertiary alicyclic amines) is 1. The topological polar surface area (TPSA) is 90.5 Å². The van der Waals surface area contributed by atoms with E-state index in [4.69, 9.17) is 10.5 Å². The summed E-state index contributed by atoms with van der Waals surface area (Å²) in [7, 11) is 1.87. The molecule has 1 aliphatic rings. The molecule has 3 rings (SSSR count). The molecule has 2 amide bonds. The van der Waals surface area contributed by atoms with Crippen molar-refractivity contribution in [2.24, 2.45) is 12.8 Å². The average molecular weight is 328 g/mol. The van der Waals surface area contributed by atoms with Gasteiger partial charge in [-0.3, -0.25) is 14.3 Å². The minimum absolute atomic E-state index is 0.0113. The number of aryl methyl sites for hydroxylation is 1. The van der Waals surface area contributed by atoms with Gasteiger partial charge in [-0.05, 0) is 37.1 Å². The van der Waals surface area contributed by atoms with Crippen molar-refractivity contribution in [3.8, 4) is 5.75 Å². The molecule has 0 bridgehead atoms. The third kappa shape index (κ3) is 3.40. The van der Waals surface area contributed by atoms with Gasteiger partial charge in [0.05, 0.1) is 12.2 Å². The summed E-state index contributed by atoms with van der Waals surface area (Å²) in [5.74, 6) is -0.0371. The Balaban J connectivity index is 1.72. The number of ether oxygens (including phenoxy) is 1. The van der Waals surface area contributed by atoms with Crippen LogP contribution in [0.2, 0.25) is 0 Å². The highest BCUT2D eigenvalue weighted by Gasteiger charge is 2.31. The van der Waals surface area contributed by atoms with Crippen molar-refractivity contribution in [2.75, 3.05) is 13.2 Å². The number of aromatic nitrogens is 2. The molecule has 2 heterocycles. The van der Waals surface area contributed by atoms with E-state index >= 15 is 0 Å². The Labute approximate surface area is 140 Å². The number of nitrogens with zero attached hydrogens (tertiary/aromatic N) is 3. The van der Waals surface area contributed by atoms with Gasteiger partial charge in [0, 0.05) is 30.9 Å². The van der Waals surface area contributed by atoms with E-state index in [2.05, 4.69) is 5.10 Å². The highest BCUT2D eigenvalue weighted by molar-refractivity contribution is 5.94. The zero-order chi connectivity index (χ0) is 17.1. The van der Waals surface area contributed by atoms with E-state index in [0.717, 1.165) is 24.9 Å². The SMILES string of the molecule is Cn1cc([C@H]2CCCN2C(=O)c2ccc(OCC(N)=O)cc2)cn1. The van der Waals surface area contributed by atoms with Gasteiger partial charge in [0.1, 0.15) is 5.75 Å². The molecule has 2 N–H and O–H groups in total. The lowest BCUT2D eigenvalue weighted by Crippen LogP contribution is -2.30. The molecular formula is C17H20N4O3. The Morgan fingerprint density at radius 3 is 2.71 bits per heavy atom. The second kappa shape index (κ2) is 6.74. The molecule has 0 aliphatic carbocycles. The first-order valence-electron chi connectivity index (χ1n) is 7.85. The molecule has 1 fully saturated rings. The fourth-order valence-electron chi connectivity index (χ4n) is 2.98. The van der Waals surface area contributed by atoms with Crippen LogP contribution in [0.5, 0.6) is 5.75 Å². The van der Waals surface area contributed by atoms with Crippen molar-refractivity contribution in [3.05, 3.63) is 47.8 Å². The van der Waals surface area contributed by atoms with Crippen LogP contribution in [0.15, 0.2) is 36.7 Å². The lowest BCUT2D eigenvalue weighted by molar-refractivity contribution is -0.119. The highest BCUT2D eigenvalue weighted by atomic mass is 16.5. The molecule has 7 heteroatoms. The summed E-state index contributed by atoms with van der Waals surface area (Å²) >= 11 is 0. The summed E-state index contributed by atoms with van der Waals surface area (Å²) in [5.41, 5.74) is 6.70. The van der Waals surface area contributed by atoms with Crippen LogP contribution in [-0.4, -0.2) is 39.6 Å². The average Bonchev–Trinajstić information content (AvgIpc) is 3.21. The van der Waals surface area contributed by atoms with E-state index in [9.17, 15) is 9.59 Å². The van der Waals surface area contributed by atoms with E-state index in [1.54, 1.807) is 28.9 Å². The first-order chi connectivity index (χ1) is 11.5. The number of nitrogens with two attached hydrogens (primary N) is 1. The van der Waals surface area contributed by atoms with Gasteiger partial charge in [-0.25, -0.2) is 0 Å². The number of benzene rings is 1. The minimum atomic E-state index is -0.536. The third-order valence-corrected chi connectivity index (χ3v) is 4.11. The van der Waals surface area contributed by atoms with Crippen molar-refractivity contribution in [1.82, 2.24) is 14.7 Å². The normalized spacial score (nSPS) is 17.0. The number of carbonyl (C=O) groups is 2. The number of amides is 2. The molecule has 1 atom stereocenters. The molecule has 7 nitrogen and oxygen atoms in total. The van der Waals surface area contributed by atoms with Crippen LogP contribution in [-0.2, 0) is 11.8 Å². The van der Waals surface area contributed by atoms with Crippen LogP contribution < -0.4 is 10.5 Å². The molecule has 0 spiro atoms. The predicted octanol–water partition coefficient (Wildman–Crippen LogP) is 1.26. The molecule has 24 heavy (non-hydrogen) atoms. The maximum atomic E-state index is 12.8. The van der Waals surface area contributed by atoms with E-state index in [0.29, 0.717) is 11.3 Å². The fourth-order valence-corrected chi connectivity index (χ4v) is 2.98. The Morgan fingerprint density at radius 1 is 1.33 bits per heavy atom. The number of hydrogen-bond donors (Lipinski definition) is 1. The van der Waals surface area contributed by atoms with E-state index in [1.807, 2.05) is 24.3 Å². The zero-order valence-corrected chi connectivity index (χ0v) is 13.5. The molecule has 126 valence electrons. The van der Waals surface area contributed by atoms with Crippen LogP contribution in [0.1, 0.15) is 34.8 Å². The van der Waals surface area contributed by atoms with Gasteiger partial charge in [0.2, 0.25) is 0 Å². The summed E-state index contributed by atoms with van der Waals surface area (Å²) in [6, 6.07) is 6.82. The van der Waals surface area contributed by atoms with Gasteiger partial charge in [-0.2, -0.15) is 5.10 Å². The molecule has 1 aromatic heterocycles. The second-order valence-corrected chi connectivity index (χ2v) is 5.88. The van der Waals surface area contributed by atoms with Crippen LogP contribution in [0.25, 0.3) is 0 Å². The summed E-state index contributed by atoms with van der Waals surface area (Å²) in [6.07, 6.45) is 5.69. The molecular weight excluding hydrogens is 308 g/mol. The minimum Gasteiger partial charge on any atom is -0.484 e. The first kappa shape index (κ1) is 16.0. The Bertz CT molecular complexity index is 739. The number of rotatable bonds is 5. The van der Waals surface area contributed by atoms with E-state index in [-0.39, 0.29) is 18.6 Å². The van der Waals surface area contributed by atoms with Crippen LogP contribution in [0.3, 0.4) is 0 Å². The van der Waals surface area contributed by atoms with Crippen molar-refractivity contribution in [1.29, 1.82) is 0 Å². The Morgan fingerprint density at radius 2 is 2.08 bits per heavy atom. The zero-order valence-electron chi connectivity index (χ0n) is 13.5. The van der Waals surface area contributed by atoms with Gasteiger partial charge in [0.25, 0.3) is 11.8 Å². The molecule has 1 aromatic carbocycles. The van der Waals surface area contributed by atoms with Gasteiger partial charge < -0.3 is 15.4 Å². The smallest absolute Gasteiger partial charge is 0.255 e. The summed E-state index contributed by atoms with van der Waals surface area (Å²) in [5, 5.41) is 4.20. The fraction of sp³-hybridized carbons (Fsp3) is 0.353. The third-order valence-electron chi connectivity index (χ3n) is 4.11. The number of hydrogen-bond acceptors (Lipinski definition) is 4. The first-order valence-corrected chi connectivity index (χ1v) is 7.85. The molecule has 0 unspecified atom stereocenters. The lowest BCUT2D eigenvalue weighted by atomic mass is 10.1. The van der Waals surface area contributed by atoms with Crippen LogP contribution in [0, 0.1) is 0 Å². The van der Waals surface area contributed by atoms with Crippen LogP contribution in [0.4, 0.5) is 0 Å². The Kier molecular flexibility index (Phi) is 4.50. The van der Waals surface area contributed by atoms with Crippen molar-refractivity contribution >= 4 is 11.8 Å². The summed E-state index contributed by atoms with van der Waals surface area (Å²) in [6.45, 7) is 0.556. The van der Waals surface area contributed by atoms with Crippen molar-refractivity contribution < 1.29 is 14.3 Å². The second-order valence-electron chi connectivity index (χ2n) is 5.88. The van der Waals surface area contributed by atoms with Crippen molar-refractivity contribution in [3.63, 3.8) is 0 Å². The van der Waals surface area contributed by atoms with Gasteiger partial charge in [-0.15, -0.1) is 0 Å². The van der Waals surface area contributed by atoms with Crippen molar-refractivity contribution in [2.45, 2.75) is 18.9 Å². The Hall–Kier alpha value is -2.83. The maximum absolute atomic E-state index is 12.8.